The third kappa shape index (κ3) is 3.70. The molecule has 21 heavy (non-hydrogen) atoms. The first-order valence-corrected chi connectivity index (χ1v) is 8.55. The highest BCUT2D eigenvalue weighted by atomic mass is 79.9. The fourth-order valence-corrected chi connectivity index (χ4v) is 3.98. The molecule has 108 valence electrons. The van der Waals surface area contributed by atoms with E-state index in [1.807, 2.05) is 30.3 Å². The Morgan fingerprint density at radius 3 is 2.71 bits per heavy atom. The summed E-state index contributed by atoms with van der Waals surface area (Å²) in [5.74, 6) is 0.208. The van der Waals surface area contributed by atoms with E-state index in [2.05, 4.69) is 39.1 Å². The van der Waals surface area contributed by atoms with Crippen LogP contribution in [0.4, 0.5) is 0 Å². The normalized spacial score (nSPS) is 12.7. The molecule has 4 heteroatoms. The number of nitrogens with zero attached hydrogens (tertiary/aromatic N) is 1. The summed E-state index contributed by atoms with van der Waals surface area (Å²) in [5.41, 5.74) is 2.29. The van der Waals surface area contributed by atoms with Crippen LogP contribution in [0.15, 0.2) is 53.0 Å². The minimum Gasteiger partial charge on any atom is -0.396 e. The average molecular weight is 362 g/mol. The number of halogens is 1. The molecule has 3 rings (SSSR count). The zero-order valence-corrected chi connectivity index (χ0v) is 13.9. The van der Waals surface area contributed by atoms with Crippen molar-refractivity contribution < 1.29 is 5.11 Å². The molecule has 1 N–H and O–H groups in total. The maximum Gasteiger partial charge on any atom is 0.0942 e. The van der Waals surface area contributed by atoms with E-state index in [-0.39, 0.29) is 12.5 Å². The number of aliphatic hydroxyl groups is 1. The van der Waals surface area contributed by atoms with E-state index in [9.17, 15) is 5.11 Å². The van der Waals surface area contributed by atoms with Gasteiger partial charge in [0.05, 0.1) is 15.2 Å². The molecule has 1 unspecified atom stereocenters. The number of para-hydroxylation sites is 1. The molecule has 1 heterocycles. The second kappa shape index (κ2) is 6.69. The first-order valence-electron chi connectivity index (χ1n) is 6.94. The molecule has 1 aromatic heterocycles. The molecule has 3 aromatic rings. The van der Waals surface area contributed by atoms with Crippen molar-refractivity contribution in [2.24, 2.45) is 5.92 Å². The van der Waals surface area contributed by atoms with Crippen molar-refractivity contribution in [3.05, 3.63) is 63.6 Å². The average Bonchev–Trinajstić information content (AvgIpc) is 2.89. The summed E-state index contributed by atoms with van der Waals surface area (Å²) < 4.78 is 2.29. The molecule has 2 nitrogen and oxygen atoms in total. The van der Waals surface area contributed by atoms with Crippen LogP contribution in [-0.2, 0) is 12.8 Å². The number of aromatic nitrogens is 1. The Morgan fingerprint density at radius 2 is 1.95 bits per heavy atom. The third-order valence-corrected chi connectivity index (χ3v) is 5.03. The minimum atomic E-state index is 0.183. The van der Waals surface area contributed by atoms with E-state index >= 15 is 0 Å². The van der Waals surface area contributed by atoms with Gasteiger partial charge in [0.2, 0.25) is 0 Å². The predicted molar refractivity (Wildman–Crippen MR) is 91.7 cm³/mol. The van der Waals surface area contributed by atoms with Gasteiger partial charge in [0.25, 0.3) is 0 Å². The SMILES string of the molecule is OCC(Cc1cccc(Br)c1)Cc1nc2ccccc2s1. The van der Waals surface area contributed by atoms with Gasteiger partial charge in [-0.2, -0.15) is 0 Å². The molecule has 0 aliphatic rings. The number of hydrogen-bond acceptors (Lipinski definition) is 3. The van der Waals surface area contributed by atoms with Crippen LogP contribution in [-0.4, -0.2) is 16.7 Å². The summed E-state index contributed by atoms with van der Waals surface area (Å²) in [7, 11) is 0. The van der Waals surface area contributed by atoms with Crippen molar-refractivity contribution in [1.82, 2.24) is 4.98 Å². The van der Waals surface area contributed by atoms with E-state index in [0.717, 1.165) is 27.8 Å². The molecular weight excluding hydrogens is 346 g/mol. The smallest absolute Gasteiger partial charge is 0.0942 e. The van der Waals surface area contributed by atoms with Gasteiger partial charge in [-0.25, -0.2) is 4.98 Å². The molecule has 0 aliphatic carbocycles. The third-order valence-electron chi connectivity index (χ3n) is 3.47. The molecule has 0 radical (unpaired) electrons. The van der Waals surface area contributed by atoms with Gasteiger partial charge in [0, 0.05) is 17.5 Å². The molecule has 2 aromatic carbocycles. The highest BCUT2D eigenvalue weighted by Gasteiger charge is 2.13. The van der Waals surface area contributed by atoms with Crippen molar-refractivity contribution in [2.45, 2.75) is 12.8 Å². The lowest BCUT2D eigenvalue weighted by Gasteiger charge is -2.12. The molecule has 0 bridgehead atoms. The Kier molecular flexibility index (Phi) is 4.68. The topological polar surface area (TPSA) is 33.1 Å². The van der Waals surface area contributed by atoms with Gasteiger partial charge in [-0.3, -0.25) is 0 Å². The number of fused-ring (bicyclic) bond motifs is 1. The van der Waals surface area contributed by atoms with Crippen LogP contribution < -0.4 is 0 Å². The van der Waals surface area contributed by atoms with Crippen molar-refractivity contribution >= 4 is 37.5 Å². The van der Waals surface area contributed by atoms with Crippen molar-refractivity contribution in [2.75, 3.05) is 6.61 Å². The standard InChI is InChI=1S/C17H16BrNOS/c18-14-5-3-4-12(9-14)8-13(11-20)10-17-19-15-6-1-2-7-16(15)21-17/h1-7,9,13,20H,8,10-11H2. The summed E-state index contributed by atoms with van der Waals surface area (Å²) in [6, 6.07) is 16.5. The molecule has 0 saturated carbocycles. The Bertz CT molecular complexity index is 707. The lowest BCUT2D eigenvalue weighted by Crippen LogP contribution is -2.12. The zero-order chi connectivity index (χ0) is 14.7. The molecule has 1 atom stereocenters. The van der Waals surface area contributed by atoms with Crippen LogP contribution >= 0.6 is 27.3 Å². The Morgan fingerprint density at radius 1 is 1.10 bits per heavy atom. The summed E-state index contributed by atoms with van der Waals surface area (Å²) in [6.45, 7) is 0.183. The summed E-state index contributed by atoms with van der Waals surface area (Å²) >= 11 is 5.21. The van der Waals surface area contributed by atoms with Gasteiger partial charge in [-0.1, -0.05) is 40.2 Å². The second-order valence-electron chi connectivity index (χ2n) is 5.16. The number of benzene rings is 2. The van der Waals surface area contributed by atoms with Gasteiger partial charge in [0.1, 0.15) is 0 Å². The van der Waals surface area contributed by atoms with E-state index in [1.54, 1.807) is 11.3 Å². The Labute approximate surface area is 136 Å². The number of rotatable bonds is 5. The summed E-state index contributed by atoms with van der Waals surface area (Å²) in [5, 5.41) is 10.8. The number of thiazole rings is 1. The zero-order valence-electron chi connectivity index (χ0n) is 11.5. The second-order valence-corrected chi connectivity index (χ2v) is 7.19. The highest BCUT2D eigenvalue weighted by molar-refractivity contribution is 9.10. The minimum absolute atomic E-state index is 0.183. The Balaban J connectivity index is 1.74. The van der Waals surface area contributed by atoms with Gasteiger partial charge in [-0.05, 0) is 42.2 Å². The lowest BCUT2D eigenvalue weighted by molar-refractivity contribution is 0.225. The molecular formula is C17H16BrNOS. The van der Waals surface area contributed by atoms with E-state index in [1.165, 1.54) is 10.3 Å². The van der Waals surface area contributed by atoms with E-state index in [4.69, 9.17) is 0 Å². The van der Waals surface area contributed by atoms with Crippen molar-refractivity contribution in [1.29, 1.82) is 0 Å². The predicted octanol–water partition coefficient (Wildman–Crippen LogP) is 4.45. The monoisotopic (exact) mass is 361 g/mol. The van der Waals surface area contributed by atoms with Crippen LogP contribution in [0.2, 0.25) is 0 Å². The maximum atomic E-state index is 9.66. The lowest BCUT2D eigenvalue weighted by atomic mass is 9.97. The first kappa shape index (κ1) is 14.7. The molecule has 0 spiro atoms. The van der Waals surface area contributed by atoms with Gasteiger partial charge in [-0.15, -0.1) is 11.3 Å². The highest BCUT2D eigenvalue weighted by Crippen LogP contribution is 2.25. The van der Waals surface area contributed by atoms with Crippen LogP contribution in [0, 0.1) is 5.92 Å². The Hall–Kier alpha value is -1.23. The van der Waals surface area contributed by atoms with E-state index in [0.29, 0.717) is 0 Å². The molecule has 0 amide bonds. The summed E-state index contributed by atoms with van der Waals surface area (Å²) in [6.07, 6.45) is 1.69. The van der Waals surface area contributed by atoms with Crippen molar-refractivity contribution in [3.8, 4) is 0 Å². The van der Waals surface area contributed by atoms with Crippen molar-refractivity contribution in [3.63, 3.8) is 0 Å². The van der Waals surface area contributed by atoms with Crippen LogP contribution in [0.5, 0.6) is 0 Å². The van der Waals surface area contributed by atoms with Gasteiger partial charge < -0.3 is 5.11 Å². The quantitative estimate of drug-likeness (QED) is 0.727. The van der Waals surface area contributed by atoms with Gasteiger partial charge >= 0.3 is 0 Å². The van der Waals surface area contributed by atoms with Crippen LogP contribution in [0.1, 0.15) is 10.6 Å². The first-order chi connectivity index (χ1) is 10.2. The maximum absolute atomic E-state index is 9.66. The number of aliphatic hydroxyl groups excluding tert-OH is 1. The van der Waals surface area contributed by atoms with Crippen LogP contribution in [0.3, 0.4) is 0 Å². The van der Waals surface area contributed by atoms with Gasteiger partial charge in [0.15, 0.2) is 0 Å². The van der Waals surface area contributed by atoms with Crippen LogP contribution in [0.25, 0.3) is 10.2 Å². The largest absolute Gasteiger partial charge is 0.396 e. The molecule has 0 saturated heterocycles. The van der Waals surface area contributed by atoms with E-state index < -0.39 is 0 Å². The fraction of sp³-hybridized carbons (Fsp3) is 0.235. The number of hydrogen-bond donors (Lipinski definition) is 1. The molecule has 0 fully saturated rings. The fourth-order valence-electron chi connectivity index (χ4n) is 2.45. The summed E-state index contributed by atoms with van der Waals surface area (Å²) in [4.78, 5) is 4.66. The molecule has 0 aliphatic heterocycles.